The number of carboxylic acid groups (broad SMARTS) is 1. The summed E-state index contributed by atoms with van der Waals surface area (Å²) in [6.45, 7) is 0. The van der Waals surface area contributed by atoms with Gasteiger partial charge in [0.25, 0.3) is 10.0 Å². The number of halogens is 1. The fourth-order valence-electron chi connectivity index (χ4n) is 1.81. The first-order valence-corrected chi connectivity index (χ1v) is 8.12. The number of aliphatic carboxylic acids is 1. The highest BCUT2D eigenvalue weighted by Crippen LogP contribution is 2.31. The molecule has 0 radical (unpaired) electrons. The molecule has 2 aromatic carbocycles. The number of hydrogen-bond acceptors (Lipinski definition) is 3. The van der Waals surface area contributed by atoms with Crippen molar-refractivity contribution in [1.82, 2.24) is 3.33 Å². The Labute approximate surface area is 131 Å². The van der Waals surface area contributed by atoms with Crippen molar-refractivity contribution in [3.05, 3.63) is 66.2 Å². The summed E-state index contributed by atoms with van der Waals surface area (Å²) in [5.74, 6) is -1.27. The van der Waals surface area contributed by atoms with Gasteiger partial charge in [-0.15, -0.1) is 3.33 Å². The zero-order chi connectivity index (χ0) is 15.5. The molecule has 21 heavy (non-hydrogen) atoms. The van der Waals surface area contributed by atoms with Crippen LogP contribution in [0.5, 0.6) is 0 Å². The lowest BCUT2D eigenvalue weighted by molar-refractivity contribution is -0.140. The summed E-state index contributed by atoms with van der Waals surface area (Å²) < 4.78 is 25.6. The lowest BCUT2D eigenvalue weighted by Crippen LogP contribution is -2.31. The van der Waals surface area contributed by atoms with Crippen molar-refractivity contribution >= 4 is 32.1 Å². The molecule has 0 aliphatic heterocycles. The number of nitrogens with zero attached hydrogens (tertiary/aromatic N) is 1. The van der Waals surface area contributed by atoms with Crippen LogP contribution in [-0.4, -0.2) is 22.8 Å². The number of hydrogen-bond donors (Lipinski definition) is 1. The number of carboxylic acids is 1. The number of benzene rings is 2. The highest BCUT2D eigenvalue weighted by Gasteiger charge is 2.35. The minimum atomic E-state index is -3.96. The largest absolute Gasteiger partial charge is 0.480 e. The van der Waals surface area contributed by atoms with E-state index in [1.807, 2.05) is 0 Å². The van der Waals surface area contributed by atoms with E-state index >= 15 is 0 Å². The molecule has 7 heteroatoms. The predicted octanol–water partition coefficient (Wildman–Crippen LogP) is 2.81. The van der Waals surface area contributed by atoms with Crippen LogP contribution in [0.3, 0.4) is 0 Å². The summed E-state index contributed by atoms with van der Waals surface area (Å²) in [5.41, 5.74) is 0.362. The van der Waals surface area contributed by atoms with Crippen LogP contribution in [0, 0.1) is 0 Å². The number of carbonyl (C=O) groups is 1. The van der Waals surface area contributed by atoms with Crippen LogP contribution < -0.4 is 0 Å². The molecular weight excluding hydrogens is 358 g/mol. The molecule has 1 atom stereocenters. The van der Waals surface area contributed by atoms with Crippen molar-refractivity contribution < 1.29 is 18.3 Å². The van der Waals surface area contributed by atoms with E-state index in [4.69, 9.17) is 0 Å². The Kier molecular flexibility index (Phi) is 4.76. The molecule has 1 unspecified atom stereocenters. The van der Waals surface area contributed by atoms with Crippen molar-refractivity contribution in [2.45, 2.75) is 10.9 Å². The zero-order valence-electron chi connectivity index (χ0n) is 10.8. The lowest BCUT2D eigenvalue weighted by atomic mass is 10.1. The quantitative estimate of drug-likeness (QED) is 0.822. The highest BCUT2D eigenvalue weighted by molar-refractivity contribution is 9.08. The molecule has 110 valence electrons. The summed E-state index contributed by atoms with van der Waals surface area (Å²) >= 11 is 2.90. The third-order valence-electron chi connectivity index (χ3n) is 2.82. The van der Waals surface area contributed by atoms with Crippen LogP contribution in [0.1, 0.15) is 11.6 Å². The molecule has 0 heterocycles. The van der Waals surface area contributed by atoms with Gasteiger partial charge in [-0.1, -0.05) is 48.5 Å². The highest BCUT2D eigenvalue weighted by atomic mass is 79.9. The molecule has 2 rings (SSSR count). The van der Waals surface area contributed by atoms with E-state index in [2.05, 4.69) is 16.1 Å². The smallest absolute Gasteiger partial charge is 0.327 e. The molecule has 2 aromatic rings. The van der Waals surface area contributed by atoms with Gasteiger partial charge in [0.1, 0.15) is 0 Å². The van der Waals surface area contributed by atoms with Crippen molar-refractivity contribution in [2.24, 2.45) is 0 Å². The Balaban J connectivity index is 2.45. The number of sulfonamides is 1. The molecule has 0 saturated heterocycles. The van der Waals surface area contributed by atoms with Crippen LogP contribution in [0.15, 0.2) is 65.6 Å². The van der Waals surface area contributed by atoms with E-state index in [1.54, 1.807) is 48.5 Å². The Bertz CT molecular complexity index is 719. The summed E-state index contributed by atoms with van der Waals surface area (Å²) in [6, 6.07) is 14.5. The topological polar surface area (TPSA) is 74.7 Å². The third kappa shape index (κ3) is 3.31. The van der Waals surface area contributed by atoms with Gasteiger partial charge in [0, 0.05) is 16.1 Å². The fourth-order valence-corrected chi connectivity index (χ4v) is 3.92. The van der Waals surface area contributed by atoms with E-state index in [1.165, 1.54) is 12.1 Å². The Hall–Kier alpha value is -1.70. The van der Waals surface area contributed by atoms with E-state index in [0.29, 0.717) is 8.89 Å². The molecule has 0 amide bonds. The predicted molar refractivity (Wildman–Crippen MR) is 81.2 cm³/mol. The van der Waals surface area contributed by atoms with Gasteiger partial charge < -0.3 is 5.11 Å². The van der Waals surface area contributed by atoms with E-state index in [0.717, 1.165) is 0 Å². The first-order chi connectivity index (χ1) is 9.94. The van der Waals surface area contributed by atoms with E-state index < -0.39 is 22.0 Å². The van der Waals surface area contributed by atoms with Gasteiger partial charge in [-0.3, -0.25) is 4.79 Å². The van der Waals surface area contributed by atoms with Gasteiger partial charge in [0.2, 0.25) is 0 Å². The molecule has 0 aliphatic carbocycles. The normalized spacial score (nSPS) is 13.0. The Morgan fingerprint density at radius 2 is 1.48 bits per heavy atom. The molecule has 0 bridgehead atoms. The van der Waals surface area contributed by atoms with E-state index in [-0.39, 0.29) is 4.90 Å². The van der Waals surface area contributed by atoms with Crippen LogP contribution in [0.2, 0.25) is 0 Å². The summed E-state index contributed by atoms with van der Waals surface area (Å²) in [6.07, 6.45) is 0. The van der Waals surface area contributed by atoms with Gasteiger partial charge >= 0.3 is 5.97 Å². The molecule has 0 fully saturated rings. The SMILES string of the molecule is O=C(O)C(c1ccccc1)N(Br)S(=O)(=O)c1ccccc1. The molecule has 5 nitrogen and oxygen atoms in total. The van der Waals surface area contributed by atoms with Crippen molar-refractivity contribution in [2.75, 3.05) is 0 Å². The van der Waals surface area contributed by atoms with Gasteiger partial charge in [0.15, 0.2) is 6.04 Å². The standard InChI is InChI=1S/C14H12BrNO4S/c15-16(21(19,20)12-9-5-2-6-10-12)13(14(17)18)11-7-3-1-4-8-11/h1-10,13H,(H,17,18). The summed E-state index contributed by atoms with van der Waals surface area (Å²) in [7, 11) is -3.96. The fraction of sp³-hybridized carbons (Fsp3) is 0.0714. The third-order valence-corrected chi connectivity index (χ3v) is 5.91. The van der Waals surface area contributed by atoms with Gasteiger partial charge in [-0.2, -0.15) is 0 Å². The Morgan fingerprint density at radius 3 is 1.95 bits per heavy atom. The minimum Gasteiger partial charge on any atom is -0.480 e. The second-order valence-corrected chi connectivity index (χ2v) is 7.26. The van der Waals surface area contributed by atoms with Gasteiger partial charge in [0.05, 0.1) is 4.90 Å². The van der Waals surface area contributed by atoms with E-state index in [9.17, 15) is 18.3 Å². The first-order valence-electron chi connectivity index (χ1n) is 5.97. The zero-order valence-corrected chi connectivity index (χ0v) is 13.2. The molecule has 0 spiro atoms. The van der Waals surface area contributed by atoms with Crippen molar-refractivity contribution in [1.29, 1.82) is 0 Å². The molecule has 0 saturated carbocycles. The van der Waals surface area contributed by atoms with Crippen LogP contribution in [0.4, 0.5) is 0 Å². The molecule has 1 N–H and O–H groups in total. The maximum Gasteiger partial charge on any atom is 0.327 e. The van der Waals surface area contributed by atoms with Crippen molar-refractivity contribution in [3.8, 4) is 0 Å². The van der Waals surface area contributed by atoms with Crippen LogP contribution >= 0.6 is 16.1 Å². The molecule has 0 aromatic heterocycles. The Morgan fingerprint density at radius 1 is 1.00 bits per heavy atom. The first kappa shape index (κ1) is 15.7. The maximum absolute atomic E-state index is 12.5. The number of rotatable bonds is 5. The second kappa shape index (κ2) is 6.38. The lowest BCUT2D eigenvalue weighted by Gasteiger charge is -2.22. The van der Waals surface area contributed by atoms with Gasteiger partial charge in [-0.25, -0.2) is 8.42 Å². The summed E-state index contributed by atoms with van der Waals surface area (Å²) in [4.78, 5) is 11.5. The summed E-state index contributed by atoms with van der Waals surface area (Å²) in [5, 5.41) is 9.37. The van der Waals surface area contributed by atoms with Gasteiger partial charge in [-0.05, 0) is 17.7 Å². The van der Waals surface area contributed by atoms with Crippen molar-refractivity contribution in [3.63, 3.8) is 0 Å². The molecular formula is C14H12BrNO4S. The maximum atomic E-state index is 12.5. The average Bonchev–Trinajstić information content (AvgIpc) is 2.49. The molecule has 0 aliphatic rings. The second-order valence-electron chi connectivity index (χ2n) is 4.21. The van der Waals surface area contributed by atoms with Crippen LogP contribution in [0.25, 0.3) is 0 Å². The monoisotopic (exact) mass is 369 g/mol. The van der Waals surface area contributed by atoms with Crippen LogP contribution in [-0.2, 0) is 14.8 Å². The average molecular weight is 370 g/mol. The minimum absolute atomic E-state index is 0.0176.